The zero-order chi connectivity index (χ0) is 73.2. The van der Waals surface area contributed by atoms with Gasteiger partial charge in [0.05, 0.1) is 26.7 Å². The van der Waals surface area contributed by atoms with E-state index in [4.69, 9.17) is 0 Å². The van der Waals surface area contributed by atoms with E-state index in [2.05, 4.69) is 49.5 Å². The molecule has 102 heavy (non-hydrogen) atoms. The van der Waals surface area contributed by atoms with Crippen molar-refractivity contribution in [2.75, 3.05) is 88.0 Å². The van der Waals surface area contributed by atoms with Crippen LogP contribution in [0.2, 0.25) is 0 Å². The standard InChI is InChI=1S/C74H93F5N10O9S4/c1-49-64(100-48-81-49)51-19-17-50(18-20-51)42-80-67(93)60-14-11-30-89(60)68(94)65(70(2,3)4)83-62(90)15-10-16-63(91)88-38-32-85(33-39-88)31-28-54(44-99-56-12-8-7-9-13-56)82-59-26-25-57(40-61(59)101(95,96)74(77,78)79)102(97,98)84-66(92)52-21-23-55(24-22-52)87-36-34-86(35-37-87)43-53-27-29-71(5,6)41-58(53)72-45-73(46-72,47-72)69(75)76/h7-9,12-13,17-26,40,48,54,60,65,69,82H,10-11,14-16,27-39,41-47H2,1-6H3,(H,80,93)(H,83,90)(H,84,92)/t54-,60+,65-,72?,73?/m1/s1. The summed E-state index contributed by atoms with van der Waals surface area (Å²) in [6.07, 6.45) is 4.04. The number of nitrogens with zero attached hydrogens (tertiary/aromatic N) is 6. The molecule has 7 aliphatic rings. The average molecular weight is 1490 g/mol. The van der Waals surface area contributed by atoms with Gasteiger partial charge in [0.2, 0.25) is 30.1 Å². The molecule has 19 nitrogen and oxygen atoms in total. The van der Waals surface area contributed by atoms with Crippen molar-refractivity contribution in [2.24, 2.45) is 21.7 Å². The molecule has 1 aromatic heterocycles. The number of sulfone groups is 1. The molecular weight excluding hydrogens is 1400 g/mol. The van der Waals surface area contributed by atoms with Gasteiger partial charge in [-0.3, -0.25) is 33.8 Å². The van der Waals surface area contributed by atoms with Crippen molar-refractivity contribution in [3.63, 3.8) is 0 Å². The maximum Gasteiger partial charge on any atom is 0.501 e. The first-order valence-corrected chi connectivity index (χ1v) is 40.0. The number of amides is 5. The fourth-order valence-electron chi connectivity index (χ4n) is 15.4. The number of halogens is 5. The number of rotatable bonds is 27. The second-order valence-electron chi connectivity index (χ2n) is 30.3. The number of piperazine rings is 2. The zero-order valence-corrected chi connectivity index (χ0v) is 61.9. The van der Waals surface area contributed by atoms with Crippen molar-refractivity contribution < 1.29 is 62.8 Å². The van der Waals surface area contributed by atoms with Gasteiger partial charge >= 0.3 is 5.51 Å². The molecule has 28 heteroatoms. The number of hydrogen-bond acceptors (Lipinski definition) is 16. The number of allylic oxidation sites excluding steroid dienone is 1. The van der Waals surface area contributed by atoms with E-state index < -0.39 is 88.0 Å². The lowest BCUT2D eigenvalue weighted by molar-refractivity contribution is -0.250. The molecule has 0 radical (unpaired) electrons. The van der Waals surface area contributed by atoms with Crippen molar-refractivity contribution >= 4 is 83.9 Å². The van der Waals surface area contributed by atoms with Crippen LogP contribution < -0.4 is 25.6 Å². The molecule has 6 fully saturated rings. The number of thiazole rings is 1. The molecular formula is C74H93F5N10O9S4. The van der Waals surface area contributed by atoms with Gasteiger partial charge in [0.15, 0.2) is 0 Å². The number of carbonyl (C=O) groups excluding carboxylic acids is 5. The van der Waals surface area contributed by atoms with E-state index in [1.54, 1.807) is 38.8 Å². The lowest BCUT2D eigenvalue weighted by Gasteiger charge is -2.72. The van der Waals surface area contributed by atoms with E-state index in [9.17, 15) is 62.8 Å². The number of nitrogens with one attached hydrogen (secondary N) is 4. The third-order valence-electron chi connectivity index (χ3n) is 21.3. The normalized spacial score (nSPS) is 21.8. The Balaban J connectivity index is 0.657. The molecule has 4 N–H and O–H groups in total. The number of thioether (sulfide) groups is 1. The van der Waals surface area contributed by atoms with Gasteiger partial charge in [0.25, 0.3) is 25.8 Å². The van der Waals surface area contributed by atoms with Crippen LogP contribution in [0.3, 0.4) is 0 Å². The summed E-state index contributed by atoms with van der Waals surface area (Å²) in [4.78, 5) is 82.4. The summed E-state index contributed by atoms with van der Waals surface area (Å²) in [7, 11) is -11.2. The Bertz CT molecular complexity index is 4120. The molecule has 2 bridgehead atoms. The van der Waals surface area contributed by atoms with Crippen LogP contribution in [-0.2, 0) is 45.6 Å². The van der Waals surface area contributed by atoms with Crippen LogP contribution in [0.1, 0.15) is 133 Å². The van der Waals surface area contributed by atoms with Crippen molar-refractivity contribution in [2.45, 2.75) is 170 Å². The van der Waals surface area contributed by atoms with E-state index in [0.29, 0.717) is 90.5 Å². The smallest absolute Gasteiger partial charge is 0.380 e. The van der Waals surface area contributed by atoms with Gasteiger partial charge in [-0.05, 0) is 153 Å². The molecule has 552 valence electrons. The van der Waals surface area contributed by atoms with Gasteiger partial charge < -0.3 is 30.7 Å². The van der Waals surface area contributed by atoms with Crippen LogP contribution >= 0.6 is 23.1 Å². The van der Waals surface area contributed by atoms with Crippen molar-refractivity contribution in [3.05, 3.63) is 131 Å². The van der Waals surface area contributed by atoms with Gasteiger partial charge in [0.1, 0.15) is 17.0 Å². The minimum atomic E-state index is -6.20. The largest absolute Gasteiger partial charge is 0.501 e. The minimum Gasteiger partial charge on any atom is -0.380 e. The van der Waals surface area contributed by atoms with Crippen LogP contribution in [0.25, 0.3) is 10.4 Å². The second-order valence-corrected chi connectivity index (χ2v) is 35.9. The number of benzene rings is 4. The first-order valence-electron chi connectivity index (χ1n) is 35.1. The quantitative estimate of drug-likeness (QED) is 0.0218. The number of hydrogen-bond donors (Lipinski definition) is 4. The molecule has 0 unspecified atom stereocenters. The van der Waals surface area contributed by atoms with E-state index >= 15 is 0 Å². The third kappa shape index (κ3) is 17.5. The van der Waals surface area contributed by atoms with E-state index in [1.807, 2.05) is 87.0 Å². The maximum atomic E-state index is 14.6. The summed E-state index contributed by atoms with van der Waals surface area (Å²) in [5.41, 5.74) is 0.409. The molecule has 4 aliphatic carbocycles. The monoisotopic (exact) mass is 1490 g/mol. The third-order valence-corrected chi connectivity index (χ3v) is 26.3. The Morgan fingerprint density at radius 2 is 1.48 bits per heavy atom. The van der Waals surface area contributed by atoms with Crippen molar-refractivity contribution in [1.29, 1.82) is 0 Å². The van der Waals surface area contributed by atoms with E-state index in [-0.39, 0.29) is 72.1 Å². The number of aryl methyl sites for hydroxylation is 1. The fourth-order valence-corrected chi connectivity index (χ4v) is 19.2. The Morgan fingerprint density at radius 3 is 2.12 bits per heavy atom. The topological polar surface area (TPSA) is 231 Å². The first kappa shape index (κ1) is 76.2. The predicted molar refractivity (Wildman–Crippen MR) is 385 cm³/mol. The van der Waals surface area contributed by atoms with Crippen LogP contribution in [-0.4, -0.2) is 179 Å². The van der Waals surface area contributed by atoms with Crippen molar-refractivity contribution in [1.82, 2.24) is 39.9 Å². The highest BCUT2D eigenvalue weighted by Gasteiger charge is 2.73. The van der Waals surface area contributed by atoms with Gasteiger partial charge in [-0.1, -0.05) is 88.2 Å². The molecule has 3 saturated carbocycles. The zero-order valence-electron chi connectivity index (χ0n) is 58.7. The molecule has 3 saturated heterocycles. The van der Waals surface area contributed by atoms with Crippen LogP contribution in [0.5, 0.6) is 0 Å². The Hall–Kier alpha value is -6.98. The minimum absolute atomic E-state index is 0.0243. The first-order chi connectivity index (χ1) is 48.2. The molecule has 0 spiro atoms. The number of anilines is 2. The molecule has 12 rings (SSSR count). The lowest BCUT2D eigenvalue weighted by Crippen LogP contribution is -2.66. The van der Waals surface area contributed by atoms with Crippen LogP contribution in [0.4, 0.5) is 33.3 Å². The number of carbonyl (C=O) groups is 5. The highest BCUT2D eigenvalue weighted by atomic mass is 32.2. The Labute approximate surface area is 603 Å². The summed E-state index contributed by atoms with van der Waals surface area (Å²) in [5.74, 6) is -2.04. The lowest BCUT2D eigenvalue weighted by atomic mass is 9.32. The number of likely N-dealkylation sites (tertiary alicyclic amines) is 1. The average Bonchev–Trinajstić information content (AvgIpc) is 0.699. The molecule has 3 aliphatic heterocycles. The fraction of sp³-hybridized carbons (Fsp3) is 0.541. The van der Waals surface area contributed by atoms with Gasteiger partial charge in [-0.2, -0.15) is 13.2 Å². The predicted octanol–water partition coefficient (Wildman–Crippen LogP) is 11.7. The van der Waals surface area contributed by atoms with Gasteiger partial charge in [0, 0.05) is 125 Å². The van der Waals surface area contributed by atoms with E-state index in [1.165, 1.54) is 35.0 Å². The number of aromatic nitrogens is 1. The molecule has 3 atom stereocenters. The highest BCUT2D eigenvalue weighted by Crippen LogP contribution is 2.79. The summed E-state index contributed by atoms with van der Waals surface area (Å²) in [6.45, 7) is 18.2. The Kier molecular flexibility index (Phi) is 23.1. The molecule has 5 aromatic rings. The number of sulfonamides is 1. The van der Waals surface area contributed by atoms with Crippen LogP contribution in [0.15, 0.2) is 128 Å². The summed E-state index contributed by atoms with van der Waals surface area (Å²) in [5, 5.41) is 8.91. The maximum absolute atomic E-state index is 14.6. The molecule has 4 aromatic carbocycles. The Morgan fingerprint density at radius 1 is 0.804 bits per heavy atom. The summed E-state index contributed by atoms with van der Waals surface area (Å²) in [6, 6.07) is 23.3. The SMILES string of the molecule is Cc1ncsc1-c1ccc(CNC(=O)[C@@H]2CCCN2C(=O)[C@@H](NC(=O)CCCC(=O)N2CCN(CC[C@H](CSc3ccccc3)Nc3ccc(S(=O)(=O)NC(=O)c4ccc(N5CCN(CC6=C(C78CC(C(F)F)(C7)C8)CC(C)(C)CC6)CC5)cc4)cc3S(=O)(=O)C(F)(F)F)CC2)C(C)(C)C)cc1. The van der Waals surface area contributed by atoms with E-state index in [0.717, 1.165) is 83.3 Å². The van der Waals surface area contributed by atoms with Crippen LogP contribution in [0, 0.1) is 28.6 Å². The summed E-state index contributed by atoms with van der Waals surface area (Å²) >= 11 is 2.94. The highest BCUT2D eigenvalue weighted by molar-refractivity contribution is 7.99. The molecule has 4 heterocycles. The second kappa shape index (κ2) is 31.0. The van der Waals surface area contributed by atoms with Gasteiger partial charge in [-0.15, -0.1) is 23.1 Å². The summed E-state index contributed by atoms with van der Waals surface area (Å²) < 4.78 is 128. The van der Waals surface area contributed by atoms with Crippen molar-refractivity contribution in [3.8, 4) is 10.4 Å². The number of alkyl halides is 5. The molecule has 5 amide bonds. The van der Waals surface area contributed by atoms with Gasteiger partial charge in [-0.25, -0.2) is 35.3 Å².